The fourth-order valence-electron chi connectivity index (χ4n) is 2.98. The van der Waals surface area contributed by atoms with Crippen LogP contribution in [-0.4, -0.2) is 62.3 Å². The van der Waals surface area contributed by atoms with Crippen LogP contribution < -0.4 is 10.6 Å². The minimum absolute atomic E-state index is 0.165. The third-order valence-corrected chi connectivity index (χ3v) is 4.15. The summed E-state index contributed by atoms with van der Waals surface area (Å²) in [5.41, 5.74) is 0. The van der Waals surface area contributed by atoms with Crippen molar-refractivity contribution in [1.82, 2.24) is 15.5 Å². The van der Waals surface area contributed by atoms with Crippen molar-refractivity contribution >= 4 is 5.91 Å². The fourth-order valence-corrected chi connectivity index (χ4v) is 2.98. The highest BCUT2D eigenvalue weighted by Crippen LogP contribution is 2.38. The van der Waals surface area contributed by atoms with Crippen LogP contribution in [0, 0.1) is 5.92 Å². The lowest BCUT2D eigenvalue weighted by Gasteiger charge is -2.27. The van der Waals surface area contributed by atoms with Gasteiger partial charge in [0.15, 0.2) is 0 Å². The number of nitrogens with one attached hydrogen (secondary N) is 2. The van der Waals surface area contributed by atoms with Crippen molar-refractivity contribution in [2.24, 2.45) is 5.92 Å². The molecule has 5 nitrogen and oxygen atoms in total. The van der Waals surface area contributed by atoms with E-state index in [9.17, 15) is 4.79 Å². The molecule has 102 valence electrons. The molecule has 1 saturated carbocycles. The minimum atomic E-state index is 0.165. The summed E-state index contributed by atoms with van der Waals surface area (Å²) in [6.07, 6.45) is 3.81. The first-order valence-electron chi connectivity index (χ1n) is 7.17. The van der Waals surface area contributed by atoms with Crippen molar-refractivity contribution in [2.45, 2.75) is 31.4 Å². The van der Waals surface area contributed by atoms with Crippen LogP contribution in [0.1, 0.15) is 19.3 Å². The maximum atomic E-state index is 12.0. The van der Waals surface area contributed by atoms with E-state index in [0.29, 0.717) is 12.5 Å². The van der Waals surface area contributed by atoms with Crippen molar-refractivity contribution in [3.63, 3.8) is 0 Å². The predicted octanol–water partition coefficient (Wildman–Crippen LogP) is -0.425. The first-order valence-corrected chi connectivity index (χ1v) is 7.17. The van der Waals surface area contributed by atoms with E-state index >= 15 is 0 Å². The molecular formula is C13H23N3O2. The molecule has 0 radical (unpaired) electrons. The van der Waals surface area contributed by atoms with Gasteiger partial charge in [0.25, 0.3) is 0 Å². The zero-order chi connectivity index (χ0) is 12.4. The van der Waals surface area contributed by atoms with E-state index in [0.717, 1.165) is 39.2 Å². The Kier molecular flexibility index (Phi) is 3.82. The van der Waals surface area contributed by atoms with Crippen LogP contribution in [-0.2, 0) is 9.53 Å². The normalized spacial score (nSPS) is 33.6. The lowest BCUT2D eigenvalue weighted by Crippen LogP contribution is -2.50. The summed E-state index contributed by atoms with van der Waals surface area (Å²) in [6.45, 7) is 5.27. The summed E-state index contributed by atoms with van der Waals surface area (Å²) in [4.78, 5) is 14.2. The van der Waals surface area contributed by atoms with Gasteiger partial charge in [0.2, 0.25) is 5.91 Å². The van der Waals surface area contributed by atoms with E-state index < -0.39 is 0 Å². The maximum absolute atomic E-state index is 12.0. The Labute approximate surface area is 108 Å². The molecule has 1 aliphatic carbocycles. The summed E-state index contributed by atoms with van der Waals surface area (Å²) in [5, 5.41) is 6.47. The number of piperazine rings is 1. The van der Waals surface area contributed by atoms with Crippen LogP contribution in [0.3, 0.4) is 0 Å². The number of nitrogens with zero attached hydrogens (tertiary/aromatic N) is 1. The topological polar surface area (TPSA) is 53.6 Å². The van der Waals surface area contributed by atoms with Gasteiger partial charge in [-0.05, 0) is 25.2 Å². The zero-order valence-corrected chi connectivity index (χ0v) is 10.9. The largest absolute Gasteiger partial charge is 0.376 e. The van der Waals surface area contributed by atoms with E-state index in [-0.39, 0.29) is 18.1 Å². The van der Waals surface area contributed by atoms with Gasteiger partial charge >= 0.3 is 0 Å². The summed E-state index contributed by atoms with van der Waals surface area (Å²) in [5.74, 6) is 0.870. The molecular weight excluding hydrogens is 230 g/mol. The average molecular weight is 253 g/mol. The quantitative estimate of drug-likeness (QED) is 0.714. The van der Waals surface area contributed by atoms with Gasteiger partial charge in [-0.2, -0.15) is 0 Å². The highest BCUT2D eigenvalue weighted by Gasteiger charge is 2.41. The number of rotatable bonds is 4. The number of hydrogen-bond donors (Lipinski definition) is 2. The monoisotopic (exact) mass is 253 g/mol. The second-order valence-corrected chi connectivity index (χ2v) is 5.66. The molecule has 0 spiro atoms. The van der Waals surface area contributed by atoms with E-state index in [4.69, 9.17) is 4.74 Å². The lowest BCUT2D eigenvalue weighted by atomic mass is 10.1. The van der Waals surface area contributed by atoms with Gasteiger partial charge in [-0.1, -0.05) is 0 Å². The van der Waals surface area contributed by atoms with Crippen LogP contribution in [0.2, 0.25) is 0 Å². The Morgan fingerprint density at radius 3 is 2.78 bits per heavy atom. The molecule has 3 aliphatic rings. The Balaban J connectivity index is 1.44. The molecule has 0 aromatic rings. The molecule has 0 bridgehead atoms. The van der Waals surface area contributed by atoms with Gasteiger partial charge in [0.05, 0.1) is 18.7 Å². The molecule has 5 heteroatoms. The number of amides is 1. The van der Waals surface area contributed by atoms with Crippen LogP contribution in [0.4, 0.5) is 0 Å². The Bertz CT molecular complexity index is 301. The third kappa shape index (κ3) is 3.02. The van der Waals surface area contributed by atoms with Crippen LogP contribution >= 0.6 is 0 Å². The molecule has 2 N–H and O–H groups in total. The molecule has 18 heavy (non-hydrogen) atoms. The molecule has 2 aliphatic heterocycles. The standard InChI is InChI=1S/C13H23N3O2/c17-12(9-16-6-4-14-5-7-16)15-11-3-8-18-13(11)10-1-2-10/h10-11,13-14H,1-9H2,(H,15,17). The predicted molar refractivity (Wildman–Crippen MR) is 68.3 cm³/mol. The van der Waals surface area contributed by atoms with E-state index in [2.05, 4.69) is 15.5 Å². The third-order valence-electron chi connectivity index (χ3n) is 4.15. The van der Waals surface area contributed by atoms with Crippen LogP contribution in [0.15, 0.2) is 0 Å². The maximum Gasteiger partial charge on any atom is 0.234 e. The first kappa shape index (κ1) is 12.4. The van der Waals surface area contributed by atoms with Gasteiger partial charge in [-0.25, -0.2) is 0 Å². The van der Waals surface area contributed by atoms with Gasteiger partial charge in [-0.3, -0.25) is 9.69 Å². The molecule has 3 rings (SSSR count). The highest BCUT2D eigenvalue weighted by atomic mass is 16.5. The van der Waals surface area contributed by atoms with E-state index in [1.54, 1.807) is 0 Å². The number of hydrogen-bond acceptors (Lipinski definition) is 4. The molecule has 2 heterocycles. The average Bonchev–Trinajstić information content (AvgIpc) is 3.12. The molecule has 2 atom stereocenters. The zero-order valence-electron chi connectivity index (χ0n) is 10.9. The fraction of sp³-hybridized carbons (Fsp3) is 0.923. The van der Waals surface area contributed by atoms with Crippen LogP contribution in [0.5, 0.6) is 0 Å². The van der Waals surface area contributed by atoms with Crippen molar-refractivity contribution < 1.29 is 9.53 Å². The lowest BCUT2D eigenvalue weighted by molar-refractivity contribution is -0.123. The smallest absolute Gasteiger partial charge is 0.234 e. The summed E-state index contributed by atoms with van der Waals surface area (Å²) in [7, 11) is 0. The second-order valence-electron chi connectivity index (χ2n) is 5.66. The van der Waals surface area contributed by atoms with E-state index in [1.165, 1.54) is 12.8 Å². The number of carbonyl (C=O) groups is 1. The summed E-state index contributed by atoms with van der Waals surface area (Å²) < 4.78 is 5.74. The van der Waals surface area contributed by atoms with E-state index in [1.807, 2.05) is 0 Å². The van der Waals surface area contributed by atoms with Gasteiger partial charge < -0.3 is 15.4 Å². The minimum Gasteiger partial charge on any atom is -0.376 e. The van der Waals surface area contributed by atoms with Crippen LogP contribution in [0.25, 0.3) is 0 Å². The highest BCUT2D eigenvalue weighted by molar-refractivity contribution is 5.78. The SMILES string of the molecule is O=C(CN1CCNCC1)NC1CCOC1C1CC1. The van der Waals surface area contributed by atoms with Crippen molar-refractivity contribution in [3.8, 4) is 0 Å². The molecule has 0 aromatic carbocycles. The summed E-state index contributed by atoms with van der Waals surface area (Å²) in [6, 6.07) is 0.257. The Hall–Kier alpha value is -0.650. The Morgan fingerprint density at radius 2 is 2.06 bits per heavy atom. The van der Waals surface area contributed by atoms with Gasteiger partial charge in [-0.15, -0.1) is 0 Å². The Morgan fingerprint density at radius 1 is 1.28 bits per heavy atom. The summed E-state index contributed by atoms with van der Waals surface area (Å²) >= 11 is 0. The van der Waals surface area contributed by atoms with Crippen molar-refractivity contribution in [2.75, 3.05) is 39.3 Å². The molecule has 1 amide bonds. The molecule has 2 saturated heterocycles. The van der Waals surface area contributed by atoms with Gasteiger partial charge in [0, 0.05) is 32.8 Å². The number of carbonyl (C=O) groups excluding carboxylic acids is 1. The molecule has 3 fully saturated rings. The van der Waals surface area contributed by atoms with Crippen molar-refractivity contribution in [3.05, 3.63) is 0 Å². The molecule has 2 unspecified atom stereocenters. The first-order chi connectivity index (χ1) is 8.83. The molecule has 0 aromatic heterocycles. The van der Waals surface area contributed by atoms with Gasteiger partial charge in [0.1, 0.15) is 0 Å². The number of ether oxygens (including phenoxy) is 1. The van der Waals surface area contributed by atoms with Crippen molar-refractivity contribution in [1.29, 1.82) is 0 Å². The second kappa shape index (κ2) is 5.55.